The van der Waals surface area contributed by atoms with Gasteiger partial charge in [-0.05, 0) is 61.9 Å². The Hall–Kier alpha value is -3.18. The van der Waals surface area contributed by atoms with Crippen molar-refractivity contribution in [1.82, 2.24) is 4.98 Å². The third-order valence-corrected chi connectivity index (χ3v) is 4.24. The van der Waals surface area contributed by atoms with Crippen LogP contribution in [0.1, 0.15) is 32.0 Å². The summed E-state index contributed by atoms with van der Waals surface area (Å²) < 4.78 is 0. The molecule has 1 heterocycles. The first-order valence-corrected chi connectivity index (χ1v) is 8.72. The smallest absolute Gasteiger partial charge is 0.274 e. The molecule has 2 aromatic carbocycles. The molecule has 6 heteroatoms. The predicted octanol–water partition coefficient (Wildman–Crippen LogP) is 4.86. The number of rotatable bonds is 4. The molecule has 0 aliphatic rings. The fourth-order valence-corrected chi connectivity index (χ4v) is 2.70. The summed E-state index contributed by atoms with van der Waals surface area (Å²) in [5.74, 6) is -0.705. The van der Waals surface area contributed by atoms with E-state index in [1.807, 2.05) is 32.0 Å². The number of nitrogens with one attached hydrogen (secondary N) is 2. The molecule has 0 atom stereocenters. The van der Waals surface area contributed by atoms with Gasteiger partial charge in [-0.15, -0.1) is 0 Å². The van der Waals surface area contributed by atoms with E-state index in [2.05, 4.69) is 15.6 Å². The van der Waals surface area contributed by atoms with Crippen LogP contribution in [-0.2, 0) is 0 Å². The molecular formula is C21H18ClN3O2. The molecule has 0 saturated carbocycles. The summed E-state index contributed by atoms with van der Waals surface area (Å²) >= 11 is 5.84. The van der Waals surface area contributed by atoms with Crippen LogP contribution in [0.5, 0.6) is 0 Å². The number of benzene rings is 2. The van der Waals surface area contributed by atoms with Crippen molar-refractivity contribution in [3.63, 3.8) is 0 Å². The van der Waals surface area contributed by atoms with Gasteiger partial charge in [0, 0.05) is 28.2 Å². The van der Waals surface area contributed by atoms with E-state index in [1.54, 1.807) is 30.3 Å². The number of aromatic nitrogens is 1. The number of halogens is 1. The summed E-state index contributed by atoms with van der Waals surface area (Å²) in [6, 6.07) is 15.6. The van der Waals surface area contributed by atoms with Gasteiger partial charge in [-0.3, -0.25) is 14.6 Å². The van der Waals surface area contributed by atoms with Gasteiger partial charge in [-0.1, -0.05) is 29.3 Å². The first-order valence-electron chi connectivity index (χ1n) is 8.34. The number of nitrogens with zero attached hydrogens (tertiary/aromatic N) is 1. The maximum absolute atomic E-state index is 12.5. The van der Waals surface area contributed by atoms with Gasteiger partial charge in [0.25, 0.3) is 11.8 Å². The van der Waals surface area contributed by atoms with E-state index in [1.165, 1.54) is 12.3 Å². The quantitative estimate of drug-likeness (QED) is 0.680. The number of aryl methyl sites for hydroxylation is 2. The van der Waals surface area contributed by atoms with Crippen LogP contribution in [0.15, 0.2) is 60.8 Å². The minimum Gasteiger partial charge on any atom is -0.322 e. The second-order valence-electron chi connectivity index (χ2n) is 6.16. The molecule has 27 heavy (non-hydrogen) atoms. The number of carbonyl (C=O) groups is 2. The fraction of sp³-hybridized carbons (Fsp3) is 0.0952. The van der Waals surface area contributed by atoms with E-state index >= 15 is 0 Å². The molecule has 0 saturated heterocycles. The molecule has 0 fully saturated rings. The van der Waals surface area contributed by atoms with Gasteiger partial charge in [-0.2, -0.15) is 0 Å². The second-order valence-corrected chi connectivity index (χ2v) is 6.60. The van der Waals surface area contributed by atoms with Crippen LogP contribution in [0.2, 0.25) is 5.02 Å². The summed E-state index contributed by atoms with van der Waals surface area (Å²) in [7, 11) is 0. The van der Waals surface area contributed by atoms with Crippen molar-refractivity contribution in [2.45, 2.75) is 13.8 Å². The standard InChI is InChI=1S/C21H18ClN3O2/c1-13-3-8-18(14(2)11-13)25-21(27)19-12-15(9-10-23-19)20(26)24-17-6-4-16(22)5-7-17/h3-12H,1-2H3,(H,24,26)(H,25,27). The van der Waals surface area contributed by atoms with Crippen LogP contribution in [-0.4, -0.2) is 16.8 Å². The van der Waals surface area contributed by atoms with Gasteiger partial charge < -0.3 is 10.6 Å². The second kappa shape index (κ2) is 8.01. The monoisotopic (exact) mass is 379 g/mol. The van der Waals surface area contributed by atoms with Crippen LogP contribution >= 0.6 is 11.6 Å². The van der Waals surface area contributed by atoms with Crippen molar-refractivity contribution >= 4 is 34.8 Å². The largest absolute Gasteiger partial charge is 0.322 e. The van der Waals surface area contributed by atoms with Crippen molar-refractivity contribution in [2.75, 3.05) is 10.6 Å². The third kappa shape index (κ3) is 4.71. The van der Waals surface area contributed by atoms with Crippen molar-refractivity contribution in [3.05, 3.63) is 88.2 Å². The molecule has 0 aliphatic carbocycles. The molecule has 3 rings (SSSR count). The molecule has 0 bridgehead atoms. The maximum atomic E-state index is 12.5. The van der Waals surface area contributed by atoms with Crippen molar-refractivity contribution < 1.29 is 9.59 Å². The maximum Gasteiger partial charge on any atom is 0.274 e. The number of carbonyl (C=O) groups excluding carboxylic acids is 2. The zero-order valence-electron chi connectivity index (χ0n) is 14.9. The highest BCUT2D eigenvalue weighted by Gasteiger charge is 2.13. The number of hydrogen-bond acceptors (Lipinski definition) is 3. The zero-order chi connectivity index (χ0) is 19.4. The lowest BCUT2D eigenvalue weighted by Gasteiger charge is -2.10. The number of anilines is 2. The molecular weight excluding hydrogens is 362 g/mol. The van der Waals surface area contributed by atoms with Crippen molar-refractivity contribution in [1.29, 1.82) is 0 Å². The first kappa shape index (κ1) is 18.6. The fourth-order valence-electron chi connectivity index (χ4n) is 2.57. The van der Waals surface area contributed by atoms with Gasteiger partial charge in [0.05, 0.1) is 0 Å². The lowest BCUT2D eigenvalue weighted by Crippen LogP contribution is -2.17. The Morgan fingerprint density at radius 3 is 2.33 bits per heavy atom. The van der Waals surface area contributed by atoms with E-state index < -0.39 is 0 Å². The Labute approximate surface area is 162 Å². The summed E-state index contributed by atoms with van der Waals surface area (Å²) in [6.45, 7) is 3.91. The molecule has 3 aromatic rings. The van der Waals surface area contributed by atoms with E-state index in [4.69, 9.17) is 11.6 Å². The SMILES string of the molecule is Cc1ccc(NC(=O)c2cc(C(=O)Nc3ccc(Cl)cc3)ccn2)c(C)c1. The number of pyridine rings is 1. The van der Waals surface area contributed by atoms with Crippen LogP contribution < -0.4 is 10.6 Å². The number of amides is 2. The topological polar surface area (TPSA) is 71.1 Å². The van der Waals surface area contributed by atoms with Gasteiger partial charge in [-0.25, -0.2) is 0 Å². The summed E-state index contributed by atoms with van der Waals surface area (Å²) in [6.07, 6.45) is 1.44. The molecule has 1 aromatic heterocycles. The van der Waals surface area contributed by atoms with Gasteiger partial charge in [0.15, 0.2) is 0 Å². The lowest BCUT2D eigenvalue weighted by molar-refractivity contribution is 0.102. The van der Waals surface area contributed by atoms with E-state index in [-0.39, 0.29) is 17.5 Å². The van der Waals surface area contributed by atoms with Gasteiger partial charge in [0.1, 0.15) is 5.69 Å². The highest BCUT2D eigenvalue weighted by Crippen LogP contribution is 2.18. The molecule has 2 N–H and O–H groups in total. The third-order valence-electron chi connectivity index (χ3n) is 3.99. The van der Waals surface area contributed by atoms with E-state index in [9.17, 15) is 9.59 Å². The Morgan fingerprint density at radius 2 is 1.63 bits per heavy atom. The van der Waals surface area contributed by atoms with Crippen LogP contribution in [0.4, 0.5) is 11.4 Å². The Bertz CT molecular complexity index is 1000. The average Bonchev–Trinajstić information content (AvgIpc) is 2.66. The zero-order valence-corrected chi connectivity index (χ0v) is 15.7. The molecule has 0 spiro atoms. The lowest BCUT2D eigenvalue weighted by atomic mass is 10.1. The van der Waals surface area contributed by atoms with Crippen molar-refractivity contribution in [3.8, 4) is 0 Å². The van der Waals surface area contributed by atoms with Gasteiger partial charge >= 0.3 is 0 Å². The number of hydrogen-bond donors (Lipinski definition) is 2. The summed E-state index contributed by atoms with van der Waals surface area (Å²) in [4.78, 5) is 29.0. The molecule has 0 radical (unpaired) electrons. The Morgan fingerprint density at radius 1 is 0.889 bits per heavy atom. The molecule has 0 unspecified atom stereocenters. The Kier molecular flexibility index (Phi) is 5.52. The van der Waals surface area contributed by atoms with Crippen LogP contribution in [0.25, 0.3) is 0 Å². The van der Waals surface area contributed by atoms with Crippen molar-refractivity contribution in [2.24, 2.45) is 0 Å². The minimum atomic E-state index is -0.372. The Balaban J connectivity index is 1.75. The molecule has 5 nitrogen and oxygen atoms in total. The highest BCUT2D eigenvalue weighted by atomic mass is 35.5. The van der Waals surface area contributed by atoms with E-state index in [0.29, 0.717) is 22.0 Å². The minimum absolute atomic E-state index is 0.165. The van der Waals surface area contributed by atoms with Gasteiger partial charge in [0.2, 0.25) is 0 Å². The molecule has 136 valence electrons. The van der Waals surface area contributed by atoms with E-state index in [0.717, 1.165) is 11.1 Å². The highest BCUT2D eigenvalue weighted by molar-refractivity contribution is 6.30. The summed E-state index contributed by atoms with van der Waals surface area (Å²) in [5, 5.41) is 6.17. The average molecular weight is 380 g/mol. The predicted molar refractivity (Wildman–Crippen MR) is 108 cm³/mol. The normalized spacial score (nSPS) is 10.3. The van der Waals surface area contributed by atoms with Crippen LogP contribution in [0, 0.1) is 13.8 Å². The summed E-state index contributed by atoms with van der Waals surface area (Å²) in [5.41, 5.74) is 3.90. The molecule has 0 aliphatic heterocycles. The molecule has 2 amide bonds. The van der Waals surface area contributed by atoms with Crippen LogP contribution in [0.3, 0.4) is 0 Å². The first-order chi connectivity index (χ1) is 12.9.